The highest BCUT2D eigenvalue weighted by molar-refractivity contribution is 6.06. The molecule has 0 aromatic heterocycles. The molecule has 3 aliphatic heterocycles. The standard InChI is InChI=1S/C34H49N3O5/c1-10-16-35(17-11-2)30(39)26-27-31(40)37(25(20-38)21(4)5)29(34(27)19-24(8)33(26,9)42-34)32(41)36(18-12-3)28-22(6)14-13-15-23(28)7/h10,12-15,21,24-27,29,38H,1,3,11,16-20H2,2,4-9H3/t24?,25-,26+,27-,29?,33-,34?/m0/s1. The van der Waals surface area contributed by atoms with Gasteiger partial charge in [0.1, 0.15) is 11.6 Å². The van der Waals surface area contributed by atoms with Crippen molar-refractivity contribution in [2.75, 3.05) is 31.1 Å². The smallest absolute Gasteiger partial charge is 0.253 e. The Morgan fingerprint density at radius 3 is 2.31 bits per heavy atom. The Kier molecular flexibility index (Phi) is 9.10. The SMILES string of the molecule is C=CCN(CCC)C(=O)[C@H]1[C@H]2C(=O)N([C@@H](CO)C(C)C)C(C(=O)N(CC=C)c3c(C)cccc3C)C23CC(C)[C@]1(C)O3. The summed E-state index contributed by atoms with van der Waals surface area (Å²) in [6.45, 7) is 22.4. The monoisotopic (exact) mass is 579 g/mol. The summed E-state index contributed by atoms with van der Waals surface area (Å²) in [6, 6.07) is 4.27. The topological polar surface area (TPSA) is 90.4 Å². The van der Waals surface area contributed by atoms with Crippen molar-refractivity contribution in [3.63, 3.8) is 0 Å². The van der Waals surface area contributed by atoms with Gasteiger partial charge >= 0.3 is 0 Å². The molecule has 42 heavy (non-hydrogen) atoms. The van der Waals surface area contributed by atoms with E-state index in [9.17, 15) is 14.7 Å². The summed E-state index contributed by atoms with van der Waals surface area (Å²) in [7, 11) is 0. The summed E-state index contributed by atoms with van der Waals surface area (Å²) in [4.78, 5) is 49.1. The number of aliphatic hydroxyl groups is 1. The van der Waals surface area contributed by atoms with E-state index >= 15 is 4.79 Å². The number of likely N-dealkylation sites (tertiary alicyclic amines) is 1. The van der Waals surface area contributed by atoms with E-state index in [0.29, 0.717) is 19.5 Å². The number of benzene rings is 1. The maximum absolute atomic E-state index is 15.0. The molecule has 3 saturated heterocycles. The van der Waals surface area contributed by atoms with Crippen LogP contribution in [0, 0.1) is 37.5 Å². The van der Waals surface area contributed by atoms with Crippen LogP contribution in [0.2, 0.25) is 0 Å². The van der Waals surface area contributed by atoms with E-state index in [0.717, 1.165) is 23.2 Å². The van der Waals surface area contributed by atoms with Crippen LogP contribution < -0.4 is 4.90 Å². The van der Waals surface area contributed by atoms with Crippen LogP contribution >= 0.6 is 0 Å². The van der Waals surface area contributed by atoms with Crippen LogP contribution in [-0.4, -0.2) is 82.2 Å². The molecule has 3 heterocycles. The first-order valence-electron chi connectivity index (χ1n) is 15.4. The predicted octanol–water partition coefficient (Wildman–Crippen LogP) is 4.27. The fourth-order valence-electron chi connectivity index (χ4n) is 8.02. The van der Waals surface area contributed by atoms with Crippen molar-refractivity contribution in [1.29, 1.82) is 0 Å². The van der Waals surface area contributed by atoms with Crippen molar-refractivity contribution in [3.05, 3.63) is 54.6 Å². The highest BCUT2D eigenvalue weighted by atomic mass is 16.5. The molecule has 1 N–H and O–H groups in total. The molecule has 1 spiro atoms. The first kappa shape index (κ1) is 32.0. The fourth-order valence-corrected chi connectivity index (χ4v) is 8.02. The van der Waals surface area contributed by atoms with E-state index in [4.69, 9.17) is 4.74 Å². The molecule has 3 fully saturated rings. The Bertz CT molecular complexity index is 1230. The number of ether oxygens (including phenoxy) is 1. The second kappa shape index (κ2) is 12.0. The highest BCUT2D eigenvalue weighted by Crippen LogP contribution is 2.66. The molecule has 1 aromatic carbocycles. The van der Waals surface area contributed by atoms with Crippen LogP contribution in [0.25, 0.3) is 0 Å². The van der Waals surface area contributed by atoms with Crippen LogP contribution in [0.15, 0.2) is 43.5 Å². The van der Waals surface area contributed by atoms with Crippen molar-refractivity contribution >= 4 is 23.4 Å². The first-order valence-corrected chi connectivity index (χ1v) is 15.4. The molecule has 3 amide bonds. The zero-order valence-electron chi connectivity index (χ0n) is 26.4. The van der Waals surface area contributed by atoms with E-state index in [2.05, 4.69) is 20.1 Å². The summed E-state index contributed by atoms with van der Waals surface area (Å²) in [6.07, 6.45) is 4.63. The molecule has 1 aromatic rings. The molecular weight excluding hydrogens is 530 g/mol. The molecule has 2 bridgehead atoms. The number of aliphatic hydroxyl groups excluding tert-OH is 1. The van der Waals surface area contributed by atoms with E-state index in [-0.39, 0.29) is 42.7 Å². The molecule has 8 nitrogen and oxygen atoms in total. The Hall–Kier alpha value is -2.97. The van der Waals surface area contributed by atoms with Crippen molar-refractivity contribution in [3.8, 4) is 0 Å². The van der Waals surface area contributed by atoms with E-state index in [1.165, 1.54) is 0 Å². The zero-order valence-corrected chi connectivity index (χ0v) is 26.4. The Labute approximate surface area is 251 Å². The van der Waals surface area contributed by atoms with Gasteiger partial charge in [-0.3, -0.25) is 14.4 Å². The number of aryl methyl sites for hydroxylation is 2. The minimum absolute atomic E-state index is 0.0716. The van der Waals surface area contributed by atoms with Gasteiger partial charge in [-0.2, -0.15) is 0 Å². The van der Waals surface area contributed by atoms with Gasteiger partial charge in [-0.15, -0.1) is 13.2 Å². The van der Waals surface area contributed by atoms with E-state index in [1.807, 2.05) is 59.7 Å². The molecule has 8 heteroatoms. The third kappa shape index (κ3) is 4.71. The van der Waals surface area contributed by atoms with Crippen LogP contribution in [0.3, 0.4) is 0 Å². The van der Waals surface area contributed by atoms with E-state index in [1.54, 1.807) is 26.9 Å². The fraction of sp³-hybridized carbons (Fsp3) is 0.618. The van der Waals surface area contributed by atoms with Crippen LogP contribution in [0.4, 0.5) is 5.69 Å². The van der Waals surface area contributed by atoms with Gasteiger partial charge in [-0.05, 0) is 56.6 Å². The lowest BCUT2D eigenvalue weighted by atomic mass is 9.62. The molecule has 0 radical (unpaired) electrons. The van der Waals surface area contributed by atoms with Crippen molar-refractivity contribution in [1.82, 2.24) is 9.80 Å². The maximum atomic E-state index is 15.0. The lowest BCUT2D eigenvalue weighted by molar-refractivity contribution is -0.154. The van der Waals surface area contributed by atoms with Gasteiger partial charge in [0.25, 0.3) is 5.91 Å². The number of carbonyl (C=O) groups excluding carboxylic acids is 3. The predicted molar refractivity (Wildman–Crippen MR) is 165 cm³/mol. The molecule has 0 aliphatic carbocycles. The van der Waals surface area contributed by atoms with Gasteiger partial charge in [0.2, 0.25) is 11.8 Å². The van der Waals surface area contributed by atoms with Crippen molar-refractivity contribution in [2.24, 2.45) is 23.7 Å². The van der Waals surface area contributed by atoms with E-state index < -0.39 is 35.1 Å². The maximum Gasteiger partial charge on any atom is 0.253 e. The zero-order chi connectivity index (χ0) is 31.1. The summed E-state index contributed by atoms with van der Waals surface area (Å²) >= 11 is 0. The summed E-state index contributed by atoms with van der Waals surface area (Å²) in [5, 5.41) is 10.6. The summed E-state index contributed by atoms with van der Waals surface area (Å²) < 4.78 is 6.97. The highest BCUT2D eigenvalue weighted by Gasteiger charge is 2.80. The number of rotatable bonds is 12. The number of amides is 3. The number of carbonyl (C=O) groups is 3. The lowest BCUT2D eigenvalue weighted by Crippen LogP contribution is -2.60. The minimum atomic E-state index is -1.20. The van der Waals surface area contributed by atoms with Gasteiger partial charge in [-0.25, -0.2) is 0 Å². The second-order valence-electron chi connectivity index (χ2n) is 13.0. The normalized spacial score (nSPS) is 30.4. The van der Waals surface area contributed by atoms with Crippen molar-refractivity contribution in [2.45, 2.75) is 84.6 Å². The second-order valence-corrected chi connectivity index (χ2v) is 13.0. The average molecular weight is 580 g/mol. The van der Waals surface area contributed by atoms with Crippen LogP contribution in [0.5, 0.6) is 0 Å². The van der Waals surface area contributed by atoms with Crippen LogP contribution in [0.1, 0.15) is 58.6 Å². The number of hydrogen-bond donors (Lipinski definition) is 1. The summed E-state index contributed by atoms with van der Waals surface area (Å²) in [5.74, 6) is -2.48. The number of fused-ring (bicyclic) bond motifs is 1. The Morgan fingerprint density at radius 1 is 1.17 bits per heavy atom. The number of hydrogen-bond acceptors (Lipinski definition) is 5. The molecular formula is C34H49N3O5. The van der Waals surface area contributed by atoms with Crippen LogP contribution in [-0.2, 0) is 19.1 Å². The Balaban J connectivity index is 1.93. The molecule has 0 saturated carbocycles. The minimum Gasteiger partial charge on any atom is -0.394 e. The quantitative estimate of drug-likeness (QED) is 0.374. The first-order chi connectivity index (χ1) is 19.9. The van der Waals surface area contributed by atoms with Gasteiger partial charge in [-0.1, -0.05) is 58.0 Å². The third-order valence-corrected chi connectivity index (χ3v) is 10.0. The number of nitrogens with zero attached hydrogens (tertiary/aromatic N) is 3. The number of para-hydroxylation sites is 1. The largest absolute Gasteiger partial charge is 0.394 e. The summed E-state index contributed by atoms with van der Waals surface area (Å²) in [5.41, 5.74) is 0.528. The van der Waals surface area contributed by atoms with Gasteiger partial charge in [0.05, 0.1) is 30.1 Å². The molecule has 3 unspecified atom stereocenters. The average Bonchev–Trinajstić information content (AvgIpc) is 3.44. The molecule has 4 rings (SSSR count). The van der Waals surface area contributed by atoms with Gasteiger partial charge in [0, 0.05) is 25.3 Å². The van der Waals surface area contributed by atoms with Gasteiger partial charge in [0.15, 0.2) is 0 Å². The Morgan fingerprint density at radius 2 is 1.79 bits per heavy atom. The van der Waals surface area contributed by atoms with Gasteiger partial charge < -0.3 is 24.5 Å². The number of anilines is 1. The molecule has 3 aliphatic rings. The molecule has 230 valence electrons. The van der Waals surface area contributed by atoms with Crippen molar-refractivity contribution < 1.29 is 24.2 Å². The molecule has 7 atom stereocenters. The lowest BCUT2D eigenvalue weighted by Gasteiger charge is -2.41. The third-order valence-electron chi connectivity index (χ3n) is 10.0.